The molecule has 0 aromatic carbocycles. The molecule has 2 aliphatic rings. The minimum absolute atomic E-state index is 0.243. The summed E-state index contributed by atoms with van der Waals surface area (Å²) in [4.78, 5) is 23.3. The lowest BCUT2D eigenvalue weighted by molar-refractivity contribution is -0.118. The van der Waals surface area contributed by atoms with Gasteiger partial charge in [0, 0.05) is 23.9 Å². The zero-order chi connectivity index (χ0) is 14.2. The summed E-state index contributed by atoms with van der Waals surface area (Å²) in [6.45, 7) is 0. The second-order valence-electron chi connectivity index (χ2n) is 5.87. The molecule has 4 heteroatoms. The average molecular weight is 276 g/mol. The van der Waals surface area contributed by atoms with Crippen molar-refractivity contribution in [2.45, 2.75) is 76.3 Å². The quantitative estimate of drug-likeness (QED) is 0.757. The Kier molecular flexibility index (Phi) is 5.91. The first-order valence-corrected chi connectivity index (χ1v) is 7.87. The second kappa shape index (κ2) is 7.94. The van der Waals surface area contributed by atoms with Crippen LogP contribution in [0.5, 0.6) is 0 Å². The summed E-state index contributed by atoms with van der Waals surface area (Å²) in [6.07, 6.45) is 11.3. The Morgan fingerprint density at radius 1 is 0.650 bits per heavy atom. The zero-order valence-corrected chi connectivity index (χ0v) is 12.0. The normalized spacial score (nSPS) is 20.6. The SMILES string of the molecule is O=C(C#CC(=O)NC1CCCCC1)NC1CCCCC1. The molecule has 0 aromatic rings. The van der Waals surface area contributed by atoms with Crippen LogP contribution in [-0.4, -0.2) is 23.9 Å². The minimum atomic E-state index is -0.323. The summed E-state index contributed by atoms with van der Waals surface area (Å²) >= 11 is 0. The van der Waals surface area contributed by atoms with Gasteiger partial charge in [-0.05, 0) is 25.7 Å². The van der Waals surface area contributed by atoms with Gasteiger partial charge < -0.3 is 10.6 Å². The lowest BCUT2D eigenvalue weighted by Crippen LogP contribution is -2.37. The average Bonchev–Trinajstić information content (AvgIpc) is 2.47. The Morgan fingerprint density at radius 2 is 1.00 bits per heavy atom. The van der Waals surface area contributed by atoms with E-state index in [2.05, 4.69) is 22.5 Å². The van der Waals surface area contributed by atoms with Crippen LogP contribution in [0.25, 0.3) is 0 Å². The van der Waals surface area contributed by atoms with E-state index in [1.54, 1.807) is 0 Å². The first-order valence-electron chi connectivity index (χ1n) is 7.87. The summed E-state index contributed by atoms with van der Waals surface area (Å²) in [5.74, 6) is 4.17. The van der Waals surface area contributed by atoms with E-state index in [1.807, 2.05) is 0 Å². The van der Waals surface area contributed by atoms with Crippen molar-refractivity contribution < 1.29 is 9.59 Å². The van der Waals surface area contributed by atoms with Crippen molar-refractivity contribution in [2.24, 2.45) is 0 Å². The molecular weight excluding hydrogens is 252 g/mol. The minimum Gasteiger partial charge on any atom is -0.343 e. The van der Waals surface area contributed by atoms with E-state index in [0.717, 1.165) is 25.7 Å². The lowest BCUT2D eigenvalue weighted by atomic mass is 9.95. The van der Waals surface area contributed by atoms with Gasteiger partial charge in [0.1, 0.15) is 0 Å². The van der Waals surface area contributed by atoms with Gasteiger partial charge >= 0.3 is 0 Å². The predicted octanol–water partition coefficient (Wildman–Crippen LogP) is 1.89. The molecule has 0 radical (unpaired) electrons. The molecule has 0 unspecified atom stereocenters. The van der Waals surface area contributed by atoms with E-state index < -0.39 is 0 Å². The van der Waals surface area contributed by atoms with Crippen molar-refractivity contribution in [3.05, 3.63) is 0 Å². The molecule has 0 saturated heterocycles. The van der Waals surface area contributed by atoms with Crippen LogP contribution in [0.2, 0.25) is 0 Å². The van der Waals surface area contributed by atoms with Crippen molar-refractivity contribution in [3.8, 4) is 11.8 Å². The number of carbonyl (C=O) groups excluding carboxylic acids is 2. The highest BCUT2D eigenvalue weighted by Gasteiger charge is 2.16. The Bertz CT molecular complexity index is 360. The van der Waals surface area contributed by atoms with E-state index in [4.69, 9.17) is 0 Å². The summed E-state index contributed by atoms with van der Waals surface area (Å²) < 4.78 is 0. The van der Waals surface area contributed by atoms with Crippen LogP contribution in [0.3, 0.4) is 0 Å². The smallest absolute Gasteiger partial charge is 0.296 e. The molecule has 2 aliphatic carbocycles. The molecule has 110 valence electrons. The zero-order valence-electron chi connectivity index (χ0n) is 12.0. The highest BCUT2D eigenvalue weighted by Crippen LogP contribution is 2.17. The summed E-state index contributed by atoms with van der Waals surface area (Å²) in [5.41, 5.74) is 0. The van der Waals surface area contributed by atoms with Gasteiger partial charge in [0.2, 0.25) is 0 Å². The molecule has 0 aliphatic heterocycles. The van der Waals surface area contributed by atoms with Gasteiger partial charge in [0.15, 0.2) is 0 Å². The number of amides is 2. The summed E-state index contributed by atoms with van der Waals surface area (Å²) in [7, 11) is 0. The largest absolute Gasteiger partial charge is 0.343 e. The molecule has 2 N–H and O–H groups in total. The molecule has 2 amide bonds. The second-order valence-corrected chi connectivity index (χ2v) is 5.87. The molecular formula is C16H24N2O2. The predicted molar refractivity (Wildman–Crippen MR) is 77.8 cm³/mol. The van der Waals surface area contributed by atoms with Gasteiger partial charge in [-0.15, -0.1) is 0 Å². The van der Waals surface area contributed by atoms with E-state index >= 15 is 0 Å². The number of hydrogen-bond donors (Lipinski definition) is 2. The molecule has 0 aromatic heterocycles. The fourth-order valence-electron chi connectivity index (χ4n) is 3.05. The number of rotatable bonds is 2. The molecule has 0 spiro atoms. The molecule has 20 heavy (non-hydrogen) atoms. The van der Waals surface area contributed by atoms with Gasteiger partial charge in [-0.3, -0.25) is 9.59 Å². The molecule has 2 saturated carbocycles. The maximum absolute atomic E-state index is 11.6. The van der Waals surface area contributed by atoms with Crippen molar-refractivity contribution in [1.82, 2.24) is 10.6 Å². The van der Waals surface area contributed by atoms with Gasteiger partial charge in [-0.1, -0.05) is 38.5 Å². The monoisotopic (exact) mass is 276 g/mol. The molecule has 0 atom stereocenters. The van der Waals surface area contributed by atoms with Crippen molar-refractivity contribution in [2.75, 3.05) is 0 Å². The van der Waals surface area contributed by atoms with Crippen molar-refractivity contribution in [3.63, 3.8) is 0 Å². The van der Waals surface area contributed by atoms with Crippen molar-refractivity contribution in [1.29, 1.82) is 0 Å². The topological polar surface area (TPSA) is 58.2 Å². The first kappa shape index (κ1) is 14.9. The standard InChI is InChI=1S/C16H24N2O2/c19-15(17-13-7-3-1-4-8-13)11-12-16(20)18-14-9-5-2-6-10-14/h13-14H,1-10H2,(H,17,19)(H,18,20). The van der Waals surface area contributed by atoms with E-state index in [1.165, 1.54) is 38.5 Å². The van der Waals surface area contributed by atoms with Gasteiger partial charge in [-0.2, -0.15) is 0 Å². The third kappa shape index (κ3) is 5.24. The maximum Gasteiger partial charge on any atom is 0.296 e. The van der Waals surface area contributed by atoms with Crippen LogP contribution in [0.1, 0.15) is 64.2 Å². The third-order valence-corrected chi connectivity index (χ3v) is 4.17. The third-order valence-electron chi connectivity index (χ3n) is 4.17. The molecule has 0 bridgehead atoms. The number of nitrogens with one attached hydrogen (secondary N) is 2. The van der Waals surface area contributed by atoms with Gasteiger partial charge in [-0.25, -0.2) is 0 Å². The highest BCUT2D eigenvalue weighted by molar-refractivity contribution is 6.02. The van der Waals surface area contributed by atoms with E-state index in [-0.39, 0.29) is 23.9 Å². The fourth-order valence-corrected chi connectivity index (χ4v) is 3.05. The van der Waals surface area contributed by atoms with Crippen LogP contribution in [0.4, 0.5) is 0 Å². The van der Waals surface area contributed by atoms with Crippen LogP contribution in [-0.2, 0) is 9.59 Å². The van der Waals surface area contributed by atoms with Crippen LogP contribution in [0, 0.1) is 11.8 Å². The maximum atomic E-state index is 11.6. The van der Waals surface area contributed by atoms with E-state index in [9.17, 15) is 9.59 Å². The Hall–Kier alpha value is -1.50. The first-order chi connectivity index (χ1) is 9.74. The molecule has 4 nitrogen and oxygen atoms in total. The number of hydrogen-bond acceptors (Lipinski definition) is 2. The molecule has 0 heterocycles. The van der Waals surface area contributed by atoms with Gasteiger partial charge in [0.05, 0.1) is 0 Å². The summed E-state index contributed by atoms with van der Waals surface area (Å²) in [6, 6.07) is 0.485. The van der Waals surface area contributed by atoms with Crippen LogP contribution in [0.15, 0.2) is 0 Å². The van der Waals surface area contributed by atoms with Crippen LogP contribution < -0.4 is 10.6 Å². The van der Waals surface area contributed by atoms with E-state index in [0.29, 0.717) is 0 Å². The Morgan fingerprint density at radius 3 is 1.35 bits per heavy atom. The fraction of sp³-hybridized carbons (Fsp3) is 0.750. The highest BCUT2D eigenvalue weighted by atomic mass is 16.2. The van der Waals surface area contributed by atoms with Crippen LogP contribution >= 0.6 is 0 Å². The Balaban J connectivity index is 1.71. The van der Waals surface area contributed by atoms with Gasteiger partial charge in [0.25, 0.3) is 11.8 Å². The van der Waals surface area contributed by atoms with Crippen molar-refractivity contribution >= 4 is 11.8 Å². The lowest BCUT2D eigenvalue weighted by Gasteiger charge is -2.21. The number of carbonyl (C=O) groups is 2. The molecule has 2 fully saturated rings. The summed E-state index contributed by atoms with van der Waals surface area (Å²) in [5, 5.41) is 5.77. The molecule has 2 rings (SSSR count). The Labute approximate surface area is 121 Å².